The number of alkyl halides is 2. The number of hydrogen-bond acceptors (Lipinski definition) is 6. The lowest BCUT2D eigenvalue weighted by molar-refractivity contribution is -0.144. The van der Waals surface area contributed by atoms with Crippen LogP contribution in [0.3, 0.4) is 0 Å². The Kier molecular flexibility index (Phi) is 5.88. The maximum atomic E-state index is 14.5. The van der Waals surface area contributed by atoms with Gasteiger partial charge in [-0.1, -0.05) is 36.4 Å². The minimum atomic E-state index is -2.35. The van der Waals surface area contributed by atoms with Gasteiger partial charge in [-0.05, 0) is 40.2 Å². The number of carbonyl (C=O) groups excluding carboxylic acids is 2. The molecule has 1 aliphatic rings. The summed E-state index contributed by atoms with van der Waals surface area (Å²) in [5.41, 5.74) is 0.522. The van der Waals surface area contributed by atoms with E-state index < -0.39 is 41.6 Å². The molecule has 1 heterocycles. The fourth-order valence-corrected chi connectivity index (χ4v) is 3.08. The van der Waals surface area contributed by atoms with Crippen LogP contribution in [0.15, 0.2) is 60.7 Å². The second kappa shape index (κ2) is 8.16. The van der Waals surface area contributed by atoms with Gasteiger partial charge in [0.1, 0.15) is 12.7 Å². The van der Waals surface area contributed by atoms with E-state index in [1.54, 1.807) is 48.5 Å². The first kappa shape index (κ1) is 19.5. The van der Waals surface area contributed by atoms with Gasteiger partial charge < -0.3 is 19.3 Å². The molecule has 3 rings (SSSR count). The van der Waals surface area contributed by atoms with Gasteiger partial charge in [0.2, 0.25) is 6.17 Å². The number of esters is 2. The third-order valence-electron chi connectivity index (χ3n) is 3.95. The van der Waals surface area contributed by atoms with Crippen molar-refractivity contribution in [3.05, 3.63) is 71.8 Å². The zero-order valence-electron chi connectivity index (χ0n) is 14.0. The topological polar surface area (TPSA) is 82.1 Å². The van der Waals surface area contributed by atoms with Crippen LogP contribution in [0.2, 0.25) is 0 Å². The van der Waals surface area contributed by atoms with Gasteiger partial charge in [-0.15, -0.1) is 0 Å². The second-order valence-electron chi connectivity index (χ2n) is 5.87. The number of halogens is 2. The molecule has 2 aromatic rings. The minimum absolute atomic E-state index is 0.217. The van der Waals surface area contributed by atoms with Crippen LogP contribution in [0, 0.1) is 0 Å². The van der Waals surface area contributed by atoms with Gasteiger partial charge in [-0.3, -0.25) is 0 Å². The molecule has 1 fully saturated rings. The van der Waals surface area contributed by atoms with Crippen molar-refractivity contribution in [2.75, 3.05) is 6.61 Å². The van der Waals surface area contributed by atoms with Crippen molar-refractivity contribution in [1.29, 1.82) is 0 Å². The first-order valence-electron chi connectivity index (χ1n) is 8.10. The Morgan fingerprint density at radius 1 is 1.04 bits per heavy atom. The van der Waals surface area contributed by atoms with Crippen LogP contribution in [0.25, 0.3) is 0 Å². The molecule has 0 spiro atoms. The smallest absolute Gasteiger partial charge is 0.338 e. The van der Waals surface area contributed by atoms with Gasteiger partial charge in [-0.2, -0.15) is 0 Å². The monoisotopic (exact) mass is 437 g/mol. The van der Waals surface area contributed by atoms with Crippen LogP contribution >= 0.6 is 15.9 Å². The minimum Gasteiger partial charge on any atom is -0.459 e. The van der Waals surface area contributed by atoms with E-state index in [1.165, 1.54) is 12.1 Å². The average molecular weight is 438 g/mol. The summed E-state index contributed by atoms with van der Waals surface area (Å²) in [6.07, 6.45) is -4.74. The summed E-state index contributed by atoms with van der Waals surface area (Å²) >= 11 is 2.71. The molecule has 4 atom stereocenters. The summed E-state index contributed by atoms with van der Waals surface area (Å²) in [7, 11) is 0. The first-order valence-corrected chi connectivity index (χ1v) is 8.89. The highest BCUT2D eigenvalue weighted by atomic mass is 79.9. The predicted octanol–water partition coefficient (Wildman–Crippen LogP) is 2.85. The number of carbonyl (C=O) groups is 2. The van der Waals surface area contributed by atoms with E-state index in [0.29, 0.717) is 5.56 Å². The molecular weight excluding hydrogens is 422 g/mol. The standard InChI is InChI=1S/C19H16BrFO6/c20-19(24)16(21)15(26-18(23)13-9-5-2-6-10-13)14(27-19)11-25-17(22)12-7-3-1-4-8-12/h1-10,14-16,24H,11H2/t14-,15-,16+,19-/m1/s1/i21-1. The molecule has 0 aliphatic carbocycles. The molecule has 1 saturated heterocycles. The third-order valence-corrected chi connectivity index (χ3v) is 4.58. The Morgan fingerprint density at radius 3 is 2.11 bits per heavy atom. The molecular formula is C19H16BrFO6. The summed E-state index contributed by atoms with van der Waals surface area (Å²) < 4.78 is 27.6. The molecule has 6 nitrogen and oxygen atoms in total. The highest BCUT2D eigenvalue weighted by molar-refractivity contribution is 9.10. The molecule has 2 aromatic carbocycles. The quantitative estimate of drug-likeness (QED) is 0.571. The van der Waals surface area contributed by atoms with Crippen LogP contribution in [0.5, 0.6) is 0 Å². The number of hydrogen-bond donors (Lipinski definition) is 1. The number of benzene rings is 2. The van der Waals surface area contributed by atoms with E-state index in [0.717, 1.165) is 0 Å². The Bertz CT molecular complexity index is 798. The lowest BCUT2D eigenvalue weighted by Crippen LogP contribution is -2.38. The average Bonchev–Trinajstić information content (AvgIpc) is 2.90. The van der Waals surface area contributed by atoms with Crippen LogP contribution in [0.4, 0.5) is 4.39 Å². The fraction of sp³-hybridized carbons (Fsp3) is 0.263. The fourth-order valence-electron chi connectivity index (χ4n) is 2.58. The van der Waals surface area contributed by atoms with E-state index in [4.69, 9.17) is 14.2 Å². The summed E-state index contributed by atoms with van der Waals surface area (Å²) in [5, 5.41) is 9.96. The Balaban J connectivity index is 1.68. The van der Waals surface area contributed by atoms with E-state index in [-0.39, 0.29) is 5.56 Å². The maximum Gasteiger partial charge on any atom is 0.338 e. The molecule has 0 radical (unpaired) electrons. The Labute approximate surface area is 163 Å². The van der Waals surface area contributed by atoms with Crippen molar-refractivity contribution in [3.63, 3.8) is 0 Å². The largest absolute Gasteiger partial charge is 0.459 e. The van der Waals surface area contributed by atoms with Crippen LogP contribution in [-0.4, -0.2) is 46.7 Å². The number of ether oxygens (including phenoxy) is 3. The van der Waals surface area contributed by atoms with Crippen LogP contribution < -0.4 is 0 Å². The highest BCUT2D eigenvalue weighted by Gasteiger charge is 2.56. The lowest BCUT2D eigenvalue weighted by Gasteiger charge is -2.19. The maximum absolute atomic E-state index is 14.5. The van der Waals surface area contributed by atoms with E-state index in [1.807, 2.05) is 0 Å². The zero-order valence-corrected chi connectivity index (χ0v) is 15.5. The summed E-state index contributed by atoms with van der Waals surface area (Å²) in [5.74, 6) is -1.43. The van der Waals surface area contributed by atoms with Gasteiger partial charge in [-0.25, -0.2) is 14.0 Å². The highest BCUT2D eigenvalue weighted by Crippen LogP contribution is 2.38. The molecule has 0 saturated carbocycles. The molecule has 8 heteroatoms. The lowest BCUT2D eigenvalue weighted by atomic mass is 10.1. The molecule has 0 amide bonds. The second-order valence-corrected chi connectivity index (χ2v) is 7.00. The Morgan fingerprint density at radius 2 is 1.56 bits per heavy atom. The van der Waals surface area contributed by atoms with Crippen molar-refractivity contribution in [2.24, 2.45) is 0 Å². The molecule has 142 valence electrons. The first-order chi connectivity index (χ1) is 12.9. The molecule has 27 heavy (non-hydrogen) atoms. The SMILES string of the molecule is O=C(OC[C@H]1O[C@@](O)(Br)[C@@H]([18F])[C@@H]1OC(=O)c1ccccc1)c1ccccc1. The molecule has 1 N–H and O–H groups in total. The van der Waals surface area contributed by atoms with Crippen molar-refractivity contribution in [2.45, 2.75) is 23.1 Å². The van der Waals surface area contributed by atoms with Gasteiger partial charge >= 0.3 is 11.9 Å². The van der Waals surface area contributed by atoms with Crippen molar-refractivity contribution >= 4 is 27.9 Å². The van der Waals surface area contributed by atoms with Gasteiger partial charge in [0.25, 0.3) is 4.70 Å². The van der Waals surface area contributed by atoms with Crippen LogP contribution in [-0.2, 0) is 14.2 Å². The number of rotatable bonds is 5. The summed E-state index contributed by atoms with van der Waals surface area (Å²) in [6, 6.07) is 16.2. The van der Waals surface area contributed by atoms with Crippen LogP contribution in [0.1, 0.15) is 20.7 Å². The van der Waals surface area contributed by atoms with E-state index >= 15 is 0 Å². The summed E-state index contributed by atoms with van der Waals surface area (Å²) in [6.45, 7) is -0.408. The van der Waals surface area contributed by atoms with Gasteiger partial charge in [0.05, 0.1) is 11.1 Å². The normalized spacial score (nSPS) is 27.1. The molecule has 0 bridgehead atoms. The predicted molar refractivity (Wildman–Crippen MR) is 96.0 cm³/mol. The summed E-state index contributed by atoms with van der Waals surface area (Å²) in [4.78, 5) is 24.3. The van der Waals surface area contributed by atoms with Crippen molar-refractivity contribution < 1.29 is 33.3 Å². The molecule has 0 aromatic heterocycles. The van der Waals surface area contributed by atoms with Crippen molar-refractivity contribution in [1.82, 2.24) is 0 Å². The third kappa shape index (κ3) is 4.52. The van der Waals surface area contributed by atoms with Gasteiger partial charge in [0.15, 0.2) is 6.10 Å². The van der Waals surface area contributed by atoms with Crippen molar-refractivity contribution in [3.8, 4) is 0 Å². The molecule has 0 unspecified atom stereocenters. The zero-order chi connectivity index (χ0) is 19.4. The van der Waals surface area contributed by atoms with E-state index in [9.17, 15) is 19.1 Å². The molecule has 1 aliphatic heterocycles. The Hall–Kier alpha value is -2.29. The van der Waals surface area contributed by atoms with E-state index in [2.05, 4.69) is 15.9 Å². The number of aliphatic hydroxyl groups is 1. The van der Waals surface area contributed by atoms with Gasteiger partial charge in [0, 0.05) is 0 Å².